The van der Waals surface area contributed by atoms with E-state index in [0.717, 1.165) is 50.3 Å². The molecule has 5 rings (SSSR count). The molecule has 0 atom stereocenters. The molecule has 4 aromatic rings. The highest BCUT2D eigenvalue weighted by Crippen LogP contribution is 2.49. The van der Waals surface area contributed by atoms with E-state index in [-0.39, 0.29) is 6.61 Å². The molecule has 1 N–H and O–H groups in total. The molecule has 0 fully saturated rings. The Morgan fingerprint density at radius 2 is 1.59 bits per heavy atom. The molecular formula is C24H18O3. The highest BCUT2D eigenvalue weighted by molar-refractivity contribution is 6.10. The van der Waals surface area contributed by atoms with E-state index in [2.05, 4.69) is 36.4 Å². The van der Waals surface area contributed by atoms with Crippen molar-refractivity contribution in [1.29, 1.82) is 0 Å². The molecule has 132 valence electrons. The third-order valence-corrected chi connectivity index (χ3v) is 5.15. The van der Waals surface area contributed by atoms with Crippen LogP contribution in [-0.4, -0.2) is 12.2 Å². The monoisotopic (exact) mass is 354 g/mol. The topological polar surface area (TPSA) is 38.7 Å². The summed E-state index contributed by atoms with van der Waals surface area (Å²) >= 11 is 0. The Bertz CT molecular complexity index is 1160. The van der Waals surface area contributed by atoms with Crippen LogP contribution in [0.25, 0.3) is 33.0 Å². The number of benzene rings is 4. The van der Waals surface area contributed by atoms with Gasteiger partial charge in [-0.05, 0) is 45.8 Å². The van der Waals surface area contributed by atoms with Crippen molar-refractivity contribution in [3.05, 3.63) is 78.4 Å². The Kier molecular flexibility index (Phi) is 3.62. The molecule has 1 aliphatic rings. The summed E-state index contributed by atoms with van der Waals surface area (Å²) in [5.74, 6) is 2.46. The number of ether oxygens (including phenoxy) is 2. The summed E-state index contributed by atoms with van der Waals surface area (Å²) in [7, 11) is 1.66. The minimum absolute atomic E-state index is 0.0538. The fraction of sp³-hybridized carbons (Fsp3) is 0.0833. The Morgan fingerprint density at radius 3 is 2.37 bits per heavy atom. The number of aliphatic hydroxyl groups is 1. The smallest absolute Gasteiger partial charge is 0.139 e. The van der Waals surface area contributed by atoms with Gasteiger partial charge in [0.05, 0.1) is 13.7 Å². The van der Waals surface area contributed by atoms with Crippen LogP contribution in [0.1, 0.15) is 5.56 Å². The molecule has 0 radical (unpaired) electrons. The molecule has 1 heterocycles. The fourth-order valence-electron chi connectivity index (χ4n) is 3.78. The van der Waals surface area contributed by atoms with Gasteiger partial charge in [-0.15, -0.1) is 0 Å². The van der Waals surface area contributed by atoms with Crippen molar-refractivity contribution in [3.63, 3.8) is 0 Å². The van der Waals surface area contributed by atoms with E-state index in [0.29, 0.717) is 0 Å². The zero-order valence-corrected chi connectivity index (χ0v) is 14.9. The van der Waals surface area contributed by atoms with Crippen LogP contribution < -0.4 is 9.47 Å². The first-order chi connectivity index (χ1) is 13.3. The SMILES string of the molecule is COc1ccc2c(c1)Oc1cccc3c(-c4ccc(CO)cc4)ccc-2c13. The highest BCUT2D eigenvalue weighted by atomic mass is 16.5. The second kappa shape index (κ2) is 6.15. The zero-order valence-electron chi connectivity index (χ0n) is 14.9. The summed E-state index contributed by atoms with van der Waals surface area (Å²) in [5.41, 5.74) is 5.42. The molecule has 0 saturated heterocycles. The van der Waals surface area contributed by atoms with Crippen LogP contribution in [0.4, 0.5) is 0 Å². The van der Waals surface area contributed by atoms with Gasteiger partial charge < -0.3 is 14.6 Å². The molecule has 0 spiro atoms. The van der Waals surface area contributed by atoms with Crippen molar-refractivity contribution in [3.8, 4) is 39.5 Å². The van der Waals surface area contributed by atoms with Crippen molar-refractivity contribution in [1.82, 2.24) is 0 Å². The number of rotatable bonds is 3. The molecule has 0 amide bonds. The fourth-order valence-corrected chi connectivity index (χ4v) is 3.78. The lowest BCUT2D eigenvalue weighted by Gasteiger charge is -2.23. The van der Waals surface area contributed by atoms with Gasteiger partial charge in [0.15, 0.2) is 0 Å². The molecule has 3 heteroatoms. The third-order valence-electron chi connectivity index (χ3n) is 5.15. The van der Waals surface area contributed by atoms with Crippen molar-refractivity contribution in [2.75, 3.05) is 7.11 Å². The lowest BCUT2D eigenvalue weighted by Crippen LogP contribution is -1.98. The van der Waals surface area contributed by atoms with Gasteiger partial charge in [-0.3, -0.25) is 0 Å². The van der Waals surface area contributed by atoms with Crippen LogP contribution in [0.5, 0.6) is 17.2 Å². The van der Waals surface area contributed by atoms with Crippen molar-refractivity contribution < 1.29 is 14.6 Å². The minimum atomic E-state index is 0.0538. The van der Waals surface area contributed by atoms with Crippen molar-refractivity contribution in [2.24, 2.45) is 0 Å². The van der Waals surface area contributed by atoms with Gasteiger partial charge in [0.25, 0.3) is 0 Å². The summed E-state index contributed by atoms with van der Waals surface area (Å²) in [6, 6.07) is 24.5. The van der Waals surface area contributed by atoms with E-state index >= 15 is 0 Å². The molecule has 0 unspecified atom stereocenters. The van der Waals surface area contributed by atoms with E-state index in [4.69, 9.17) is 9.47 Å². The molecule has 0 aliphatic carbocycles. The van der Waals surface area contributed by atoms with Crippen LogP contribution in [0.3, 0.4) is 0 Å². The summed E-state index contributed by atoms with van der Waals surface area (Å²) in [4.78, 5) is 0. The van der Waals surface area contributed by atoms with Crippen LogP contribution >= 0.6 is 0 Å². The zero-order chi connectivity index (χ0) is 18.4. The number of hydrogen-bond acceptors (Lipinski definition) is 3. The second-order valence-electron chi connectivity index (χ2n) is 6.66. The van der Waals surface area contributed by atoms with Crippen molar-refractivity contribution >= 4 is 10.8 Å². The van der Waals surface area contributed by atoms with Gasteiger partial charge in [-0.25, -0.2) is 0 Å². The minimum Gasteiger partial charge on any atom is -0.497 e. The van der Waals surface area contributed by atoms with Gasteiger partial charge in [0.1, 0.15) is 17.2 Å². The molecule has 0 saturated carbocycles. The highest BCUT2D eigenvalue weighted by Gasteiger charge is 2.21. The lowest BCUT2D eigenvalue weighted by molar-refractivity contribution is 0.282. The Morgan fingerprint density at radius 1 is 0.815 bits per heavy atom. The standard InChI is InChI=1S/C24H18O3/c1-26-17-9-10-19-21-12-11-18(16-7-5-15(14-25)6-8-16)20-3-2-4-22(24(20)21)27-23(19)13-17/h2-13,25H,14H2,1H3. The Labute approximate surface area is 157 Å². The number of fused-ring (bicyclic) bond motifs is 2. The molecular weight excluding hydrogens is 336 g/mol. The van der Waals surface area contributed by atoms with E-state index in [9.17, 15) is 5.11 Å². The summed E-state index contributed by atoms with van der Waals surface area (Å²) < 4.78 is 11.5. The van der Waals surface area contributed by atoms with E-state index < -0.39 is 0 Å². The van der Waals surface area contributed by atoms with E-state index in [1.807, 2.05) is 36.4 Å². The first-order valence-electron chi connectivity index (χ1n) is 8.90. The quantitative estimate of drug-likeness (QED) is 0.446. The molecule has 4 aromatic carbocycles. The summed E-state index contributed by atoms with van der Waals surface area (Å²) in [6.45, 7) is 0.0538. The second-order valence-corrected chi connectivity index (χ2v) is 6.66. The first-order valence-corrected chi connectivity index (χ1v) is 8.90. The summed E-state index contributed by atoms with van der Waals surface area (Å²) in [6.07, 6.45) is 0. The van der Waals surface area contributed by atoms with E-state index in [1.165, 1.54) is 5.56 Å². The van der Waals surface area contributed by atoms with Crippen LogP contribution in [0, 0.1) is 0 Å². The normalized spacial score (nSPS) is 11.8. The Balaban J connectivity index is 1.74. The molecule has 0 aromatic heterocycles. The van der Waals surface area contributed by atoms with Crippen LogP contribution in [0.2, 0.25) is 0 Å². The van der Waals surface area contributed by atoms with E-state index in [1.54, 1.807) is 7.11 Å². The third kappa shape index (κ3) is 2.47. The van der Waals surface area contributed by atoms with Crippen LogP contribution in [0.15, 0.2) is 72.8 Å². The predicted octanol–water partition coefficient (Wildman–Crippen LogP) is 5.78. The largest absolute Gasteiger partial charge is 0.497 e. The van der Waals surface area contributed by atoms with Gasteiger partial charge in [-0.2, -0.15) is 0 Å². The first kappa shape index (κ1) is 15.9. The van der Waals surface area contributed by atoms with Crippen LogP contribution in [-0.2, 0) is 6.61 Å². The average Bonchev–Trinajstić information content (AvgIpc) is 2.73. The molecule has 27 heavy (non-hydrogen) atoms. The number of methoxy groups -OCH3 is 1. The van der Waals surface area contributed by atoms with Gasteiger partial charge >= 0.3 is 0 Å². The summed E-state index contributed by atoms with van der Waals surface area (Å²) in [5, 5.41) is 11.6. The molecule has 3 nitrogen and oxygen atoms in total. The van der Waals surface area contributed by atoms with Gasteiger partial charge in [0, 0.05) is 17.0 Å². The maximum atomic E-state index is 9.29. The molecule has 1 aliphatic heterocycles. The van der Waals surface area contributed by atoms with Gasteiger partial charge in [-0.1, -0.05) is 48.5 Å². The molecule has 0 bridgehead atoms. The van der Waals surface area contributed by atoms with Crippen molar-refractivity contribution in [2.45, 2.75) is 6.61 Å². The lowest BCUT2D eigenvalue weighted by atomic mass is 9.90. The maximum Gasteiger partial charge on any atom is 0.139 e. The maximum absolute atomic E-state index is 9.29. The average molecular weight is 354 g/mol. The van der Waals surface area contributed by atoms with Gasteiger partial charge in [0.2, 0.25) is 0 Å². The Hall–Kier alpha value is -3.30. The number of hydrogen-bond donors (Lipinski definition) is 1. The number of aliphatic hydroxyl groups excluding tert-OH is 1. The predicted molar refractivity (Wildman–Crippen MR) is 107 cm³/mol.